The minimum absolute atomic E-state index is 0.0324. The highest BCUT2D eigenvalue weighted by Gasteiger charge is 2.41. The number of rotatable bonds is 6. The molecule has 2 N–H and O–H groups in total. The number of nitrogens with one attached hydrogen (secondary N) is 2. The van der Waals surface area contributed by atoms with Crippen LogP contribution in [0.1, 0.15) is 60.8 Å². The van der Waals surface area contributed by atoms with Crippen molar-refractivity contribution in [2.24, 2.45) is 16.9 Å². The summed E-state index contributed by atoms with van der Waals surface area (Å²) in [5.41, 5.74) is 5.87. The van der Waals surface area contributed by atoms with Gasteiger partial charge in [0.1, 0.15) is 5.66 Å². The molecule has 2 amide bonds. The fourth-order valence-corrected chi connectivity index (χ4v) is 2.38. The number of amides is 2. The molecule has 0 unspecified atom stereocenters. The molecule has 1 heterocycles. The van der Waals surface area contributed by atoms with Gasteiger partial charge >= 0.3 is 0 Å². The monoisotopic (exact) mass is 296 g/mol. The van der Waals surface area contributed by atoms with Gasteiger partial charge in [0, 0.05) is 25.0 Å². The summed E-state index contributed by atoms with van der Waals surface area (Å²) in [6.45, 7) is 11.7. The first-order valence-corrected chi connectivity index (χ1v) is 7.57. The van der Waals surface area contributed by atoms with E-state index >= 15 is 0 Å². The highest BCUT2D eigenvalue weighted by atomic mass is 16.2. The molecule has 1 atom stereocenters. The molecule has 0 radical (unpaired) electrons. The van der Waals surface area contributed by atoms with Crippen molar-refractivity contribution in [1.82, 2.24) is 15.9 Å². The number of hydrazone groups is 1. The first-order chi connectivity index (χ1) is 9.64. The molecule has 0 aromatic rings. The van der Waals surface area contributed by atoms with Crippen molar-refractivity contribution in [1.29, 1.82) is 0 Å². The van der Waals surface area contributed by atoms with E-state index in [-0.39, 0.29) is 17.7 Å². The Morgan fingerprint density at radius 3 is 2.33 bits per heavy atom. The van der Waals surface area contributed by atoms with E-state index in [1.54, 1.807) is 0 Å². The maximum absolute atomic E-state index is 12.3. The Kier molecular flexibility index (Phi) is 5.89. The Bertz CT molecular complexity index is 431. The Balaban J connectivity index is 2.69. The van der Waals surface area contributed by atoms with Gasteiger partial charge in [0.2, 0.25) is 11.8 Å². The topological polar surface area (TPSA) is 73.8 Å². The maximum Gasteiger partial charge on any atom is 0.244 e. The average Bonchev–Trinajstić information content (AvgIpc) is 2.61. The molecule has 0 fully saturated rings. The van der Waals surface area contributed by atoms with Gasteiger partial charge in [-0.2, -0.15) is 5.10 Å². The predicted octanol–water partition coefficient (Wildman–Crippen LogP) is 2.02. The number of hydrazine groups is 1. The van der Waals surface area contributed by atoms with Crippen molar-refractivity contribution in [3.63, 3.8) is 0 Å². The molecule has 1 rings (SSSR count). The van der Waals surface area contributed by atoms with Crippen LogP contribution < -0.4 is 10.9 Å². The van der Waals surface area contributed by atoms with Crippen molar-refractivity contribution in [3.8, 4) is 0 Å². The highest BCUT2D eigenvalue weighted by molar-refractivity contribution is 5.89. The van der Waals surface area contributed by atoms with E-state index in [1.165, 1.54) is 5.01 Å². The zero-order valence-corrected chi connectivity index (χ0v) is 14.0. The third-order valence-corrected chi connectivity index (χ3v) is 3.22. The second kappa shape index (κ2) is 7.02. The lowest BCUT2D eigenvalue weighted by Gasteiger charge is -2.34. The summed E-state index contributed by atoms with van der Waals surface area (Å²) in [6.07, 6.45) is 1.48. The van der Waals surface area contributed by atoms with Crippen LogP contribution in [0.25, 0.3) is 0 Å². The minimum Gasteiger partial charge on any atom is -0.289 e. The molecular weight excluding hydrogens is 268 g/mol. The van der Waals surface area contributed by atoms with E-state index in [1.807, 2.05) is 41.5 Å². The van der Waals surface area contributed by atoms with Crippen LogP contribution >= 0.6 is 0 Å². The van der Waals surface area contributed by atoms with E-state index < -0.39 is 5.66 Å². The Labute approximate surface area is 127 Å². The van der Waals surface area contributed by atoms with Crippen LogP contribution in [-0.2, 0) is 9.59 Å². The zero-order valence-electron chi connectivity index (χ0n) is 14.0. The second-order valence-corrected chi connectivity index (χ2v) is 6.86. The van der Waals surface area contributed by atoms with Crippen molar-refractivity contribution < 1.29 is 9.59 Å². The van der Waals surface area contributed by atoms with Crippen LogP contribution in [0.2, 0.25) is 0 Å². The summed E-state index contributed by atoms with van der Waals surface area (Å²) in [7, 11) is 0. The molecule has 1 aliphatic rings. The SMILES string of the molecule is CC1=NN(C(=O)CC(C)C)[C@@](C)(NNC(=O)CC(C)C)C1. The van der Waals surface area contributed by atoms with Crippen LogP contribution in [0, 0.1) is 11.8 Å². The van der Waals surface area contributed by atoms with Gasteiger partial charge in [-0.25, -0.2) is 10.4 Å². The molecule has 0 saturated heterocycles. The highest BCUT2D eigenvalue weighted by Crippen LogP contribution is 2.26. The fraction of sp³-hybridized carbons (Fsp3) is 0.800. The summed E-state index contributed by atoms with van der Waals surface area (Å²) >= 11 is 0. The number of nitrogens with zero attached hydrogens (tertiary/aromatic N) is 2. The van der Waals surface area contributed by atoms with Crippen LogP contribution in [0.15, 0.2) is 5.10 Å². The van der Waals surface area contributed by atoms with Crippen molar-refractivity contribution >= 4 is 17.5 Å². The van der Waals surface area contributed by atoms with Gasteiger partial charge in [-0.15, -0.1) is 0 Å². The summed E-state index contributed by atoms with van der Waals surface area (Å²) in [5.74, 6) is 0.454. The normalized spacial score (nSPS) is 21.9. The molecular formula is C15H28N4O2. The third-order valence-electron chi connectivity index (χ3n) is 3.22. The van der Waals surface area contributed by atoms with Gasteiger partial charge in [-0.3, -0.25) is 15.0 Å². The summed E-state index contributed by atoms with van der Waals surface area (Å²) in [5, 5.41) is 5.79. The van der Waals surface area contributed by atoms with Crippen LogP contribution in [0.4, 0.5) is 0 Å². The molecule has 0 saturated carbocycles. The van der Waals surface area contributed by atoms with Gasteiger partial charge in [-0.05, 0) is 25.7 Å². The molecule has 0 bridgehead atoms. The van der Waals surface area contributed by atoms with Crippen LogP contribution in [0.5, 0.6) is 0 Å². The van der Waals surface area contributed by atoms with Gasteiger partial charge < -0.3 is 0 Å². The predicted molar refractivity (Wildman–Crippen MR) is 83.2 cm³/mol. The van der Waals surface area contributed by atoms with E-state index in [0.717, 1.165) is 5.71 Å². The molecule has 6 nitrogen and oxygen atoms in total. The zero-order chi connectivity index (χ0) is 16.2. The van der Waals surface area contributed by atoms with Crippen LogP contribution in [-0.4, -0.2) is 28.2 Å². The van der Waals surface area contributed by atoms with Crippen molar-refractivity contribution in [2.75, 3.05) is 0 Å². The first-order valence-electron chi connectivity index (χ1n) is 7.57. The van der Waals surface area contributed by atoms with Gasteiger partial charge in [0.25, 0.3) is 0 Å². The quantitative estimate of drug-likeness (QED) is 0.736. The van der Waals surface area contributed by atoms with Gasteiger partial charge in [-0.1, -0.05) is 27.7 Å². The first kappa shape index (κ1) is 17.6. The minimum atomic E-state index is -0.692. The number of carbonyl (C=O) groups excluding carboxylic acids is 2. The molecule has 120 valence electrons. The Hall–Kier alpha value is -1.43. The smallest absolute Gasteiger partial charge is 0.244 e. The number of hydrogen-bond acceptors (Lipinski definition) is 4. The average molecular weight is 296 g/mol. The molecule has 0 aromatic carbocycles. The summed E-state index contributed by atoms with van der Waals surface area (Å²) in [6, 6.07) is 0. The van der Waals surface area contributed by atoms with Crippen molar-refractivity contribution in [3.05, 3.63) is 0 Å². The molecule has 0 aliphatic carbocycles. The lowest BCUT2D eigenvalue weighted by molar-refractivity contribution is -0.140. The largest absolute Gasteiger partial charge is 0.289 e. The standard InChI is InChI=1S/C15H28N4O2/c1-10(2)7-13(20)16-18-15(6)9-12(5)17-19(15)14(21)8-11(3)4/h10-11,18H,7-9H2,1-6H3,(H,16,20)/t15-/m1/s1. The van der Waals surface area contributed by atoms with Gasteiger partial charge in [0.05, 0.1) is 0 Å². The molecule has 0 spiro atoms. The molecule has 1 aliphatic heterocycles. The summed E-state index contributed by atoms with van der Waals surface area (Å²) < 4.78 is 0. The van der Waals surface area contributed by atoms with E-state index in [0.29, 0.717) is 25.2 Å². The Morgan fingerprint density at radius 1 is 1.24 bits per heavy atom. The second-order valence-electron chi connectivity index (χ2n) is 6.86. The molecule has 0 aromatic heterocycles. The maximum atomic E-state index is 12.3. The number of hydrogen-bond donors (Lipinski definition) is 2. The fourth-order valence-electron chi connectivity index (χ4n) is 2.38. The van der Waals surface area contributed by atoms with Crippen molar-refractivity contribution in [2.45, 2.75) is 66.5 Å². The van der Waals surface area contributed by atoms with E-state index in [9.17, 15) is 9.59 Å². The molecule has 21 heavy (non-hydrogen) atoms. The molecule has 6 heteroatoms. The third kappa shape index (κ3) is 5.12. The lowest BCUT2D eigenvalue weighted by atomic mass is 10.1. The van der Waals surface area contributed by atoms with E-state index in [4.69, 9.17) is 0 Å². The lowest BCUT2D eigenvalue weighted by Crippen LogP contribution is -2.60. The Morgan fingerprint density at radius 2 is 1.81 bits per heavy atom. The van der Waals surface area contributed by atoms with E-state index in [2.05, 4.69) is 16.0 Å². The van der Waals surface area contributed by atoms with Crippen LogP contribution in [0.3, 0.4) is 0 Å². The van der Waals surface area contributed by atoms with Gasteiger partial charge in [0.15, 0.2) is 0 Å². The number of carbonyl (C=O) groups is 2. The summed E-state index contributed by atoms with van der Waals surface area (Å²) in [4.78, 5) is 24.1.